The summed E-state index contributed by atoms with van der Waals surface area (Å²) in [6.07, 6.45) is 1.87. The van der Waals surface area contributed by atoms with E-state index < -0.39 is 0 Å². The highest BCUT2D eigenvalue weighted by atomic mass is 14.8. The van der Waals surface area contributed by atoms with E-state index in [0.29, 0.717) is 0 Å². The van der Waals surface area contributed by atoms with E-state index in [0.717, 1.165) is 19.3 Å². The van der Waals surface area contributed by atoms with E-state index in [2.05, 4.69) is 5.32 Å². The van der Waals surface area contributed by atoms with E-state index in [1.165, 1.54) is 0 Å². The summed E-state index contributed by atoms with van der Waals surface area (Å²) in [5.41, 5.74) is 0. The van der Waals surface area contributed by atoms with Crippen molar-refractivity contribution in [1.82, 2.24) is 5.32 Å². The molecule has 0 aromatic rings. The summed E-state index contributed by atoms with van der Waals surface area (Å²) in [4.78, 5) is 0. The molecule has 34 valence electrons. The molecular weight excluding hydrogens is 72.9 g/mol. The lowest BCUT2D eigenvalue weighted by Gasteiger charge is -1.89. The summed E-state index contributed by atoms with van der Waals surface area (Å²) >= 11 is 0. The van der Waals surface area contributed by atoms with Crippen LogP contribution in [0.15, 0.2) is 0 Å². The molecule has 0 heterocycles. The molecule has 0 fully saturated rings. The maximum Gasteiger partial charge on any atom is 0.0653 e. The van der Waals surface area contributed by atoms with Crippen molar-refractivity contribution >= 4 is 7.85 Å². The van der Waals surface area contributed by atoms with Crippen molar-refractivity contribution in [2.45, 2.75) is 12.7 Å². The van der Waals surface area contributed by atoms with Crippen molar-refractivity contribution in [2.24, 2.45) is 0 Å². The van der Waals surface area contributed by atoms with E-state index >= 15 is 0 Å². The third kappa shape index (κ3) is 4.02. The average molecular weight is 82.9 g/mol. The van der Waals surface area contributed by atoms with Gasteiger partial charge >= 0.3 is 0 Å². The maximum atomic E-state index is 5.17. The Bertz CT molecular complexity index is 19.5. The molecule has 0 spiro atoms. The Labute approximate surface area is 40.5 Å². The van der Waals surface area contributed by atoms with Crippen molar-refractivity contribution in [3.05, 3.63) is 0 Å². The van der Waals surface area contributed by atoms with Gasteiger partial charge in [0.25, 0.3) is 0 Å². The Hall–Kier alpha value is 0.0249. The first-order valence-electron chi connectivity index (χ1n) is 2.26. The second-order valence-corrected chi connectivity index (χ2v) is 1.25. The van der Waals surface area contributed by atoms with Gasteiger partial charge in [-0.15, -0.1) is 0 Å². The van der Waals surface area contributed by atoms with Crippen molar-refractivity contribution in [1.29, 1.82) is 0 Å². The van der Waals surface area contributed by atoms with Crippen LogP contribution in [-0.2, 0) is 0 Å². The lowest BCUT2D eigenvalue weighted by atomic mass is 10.0. The van der Waals surface area contributed by atoms with Crippen LogP contribution in [0, 0.1) is 0 Å². The normalized spacial score (nSPS) is 8.83. The molecule has 0 atom stereocenters. The lowest BCUT2D eigenvalue weighted by molar-refractivity contribution is 0.771. The zero-order valence-corrected chi connectivity index (χ0v) is 4.20. The van der Waals surface area contributed by atoms with Crippen LogP contribution in [0.2, 0.25) is 6.32 Å². The van der Waals surface area contributed by atoms with Gasteiger partial charge in [0.1, 0.15) is 0 Å². The first-order valence-corrected chi connectivity index (χ1v) is 2.26. The van der Waals surface area contributed by atoms with Gasteiger partial charge in [-0.1, -0.05) is 6.32 Å². The molecule has 0 aliphatic heterocycles. The number of nitrogens with one attached hydrogen (secondary N) is 1. The van der Waals surface area contributed by atoms with Gasteiger partial charge in [0.05, 0.1) is 7.85 Å². The minimum atomic E-state index is 0.792. The van der Waals surface area contributed by atoms with E-state index in [1.807, 2.05) is 7.05 Å². The summed E-state index contributed by atoms with van der Waals surface area (Å²) in [7, 11) is 7.10. The van der Waals surface area contributed by atoms with Crippen molar-refractivity contribution in [3.63, 3.8) is 0 Å². The average Bonchev–Trinajstić information content (AvgIpc) is 1.61. The summed E-state index contributed by atoms with van der Waals surface area (Å²) < 4.78 is 0. The second-order valence-electron chi connectivity index (χ2n) is 1.25. The number of rotatable bonds is 3. The Morgan fingerprint density at radius 1 is 1.67 bits per heavy atom. The molecule has 0 aromatic carbocycles. The largest absolute Gasteiger partial charge is 0.320 e. The molecule has 0 saturated carbocycles. The first-order chi connectivity index (χ1) is 2.91. The minimum absolute atomic E-state index is 0.792. The third-order valence-corrected chi connectivity index (χ3v) is 0.631. The minimum Gasteiger partial charge on any atom is -0.320 e. The molecule has 0 amide bonds. The zero-order valence-electron chi connectivity index (χ0n) is 4.20. The van der Waals surface area contributed by atoms with Crippen LogP contribution in [0.4, 0.5) is 0 Å². The van der Waals surface area contributed by atoms with Crippen LogP contribution >= 0.6 is 0 Å². The monoisotopic (exact) mass is 83.1 g/mol. The van der Waals surface area contributed by atoms with Gasteiger partial charge in [-0.25, -0.2) is 0 Å². The summed E-state index contributed by atoms with van der Waals surface area (Å²) in [6.45, 7) is 1.04. The van der Waals surface area contributed by atoms with Crippen LogP contribution in [0.3, 0.4) is 0 Å². The molecule has 6 heavy (non-hydrogen) atoms. The Morgan fingerprint density at radius 2 is 2.33 bits per heavy atom. The van der Waals surface area contributed by atoms with Crippen LogP contribution < -0.4 is 5.32 Å². The highest BCUT2D eigenvalue weighted by Crippen LogP contribution is 1.76. The van der Waals surface area contributed by atoms with Crippen molar-refractivity contribution < 1.29 is 0 Å². The Morgan fingerprint density at radius 3 is 2.50 bits per heavy atom. The number of hydrogen-bond acceptors (Lipinski definition) is 1. The van der Waals surface area contributed by atoms with E-state index in [9.17, 15) is 0 Å². The van der Waals surface area contributed by atoms with Crippen LogP contribution in [0.1, 0.15) is 6.42 Å². The Kier molecular flexibility index (Phi) is 5.05. The van der Waals surface area contributed by atoms with Gasteiger partial charge in [0.15, 0.2) is 0 Å². The molecule has 0 bridgehead atoms. The molecule has 0 saturated heterocycles. The third-order valence-electron chi connectivity index (χ3n) is 0.631. The van der Waals surface area contributed by atoms with E-state index in [1.54, 1.807) is 0 Å². The smallest absolute Gasteiger partial charge is 0.0653 e. The van der Waals surface area contributed by atoms with E-state index in [4.69, 9.17) is 7.85 Å². The standard InChI is InChI=1S/C4H10BN/c1-6-4-2-3-5/h6H,2-4H2,1H3. The van der Waals surface area contributed by atoms with Crippen LogP contribution in [0.5, 0.6) is 0 Å². The molecule has 0 rings (SSSR count). The summed E-state index contributed by atoms with van der Waals surface area (Å²) in [5, 5.41) is 2.99. The number of hydrogen-bond donors (Lipinski definition) is 1. The predicted molar refractivity (Wildman–Crippen MR) is 29.1 cm³/mol. The summed E-state index contributed by atoms with van der Waals surface area (Å²) in [5.74, 6) is 0. The van der Waals surface area contributed by atoms with Crippen LogP contribution in [-0.4, -0.2) is 21.4 Å². The van der Waals surface area contributed by atoms with E-state index in [-0.39, 0.29) is 0 Å². The van der Waals surface area contributed by atoms with Gasteiger partial charge in [-0.2, -0.15) is 0 Å². The first kappa shape index (κ1) is 6.02. The topological polar surface area (TPSA) is 12.0 Å². The fourth-order valence-corrected chi connectivity index (χ4v) is 0.279. The maximum absolute atomic E-state index is 5.17. The fraction of sp³-hybridized carbons (Fsp3) is 1.00. The van der Waals surface area contributed by atoms with Gasteiger partial charge in [-0.3, -0.25) is 0 Å². The highest BCUT2D eigenvalue weighted by Gasteiger charge is 1.73. The molecule has 0 aliphatic rings. The Balaban J connectivity index is 2.34. The van der Waals surface area contributed by atoms with Crippen molar-refractivity contribution in [2.75, 3.05) is 13.6 Å². The van der Waals surface area contributed by atoms with Crippen LogP contribution in [0.25, 0.3) is 0 Å². The van der Waals surface area contributed by atoms with Gasteiger partial charge in [0, 0.05) is 0 Å². The van der Waals surface area contributed by atoms with Gasteiger partial charge < -0.3 is 5.32 Å². The summed E-state index contributed by atoms with van der Waals surface area (Å²) in [6, 6.07) is 0. The predicted octanol–water partition coefficient (Wildman–Crippen LogP) is 0.183. The van der Waals surface area contributed by atoms with Gasteiger partial charge in [-0.05, 0) is 20.0 Å². The highest BCUT2D eigenvalue weighted by molar-refractivity contribution is 6.08. The quantitative estimate of drug-likeness (QED) is 0.379. The molecule has 2 heteroatoms. The fourth-order valence-electron chi connectivity index (χ4n) is 0.279. The molecule has 2 radical (unpaired) electrons. The zero-order chi connectivity index (χ0) is 4.83. The molecule has 1 N–H and O–H groups in total. The second kappa shape index (κ2) is 5.02. The molecular formula is C4H10BN. The van der Waals surface area contributed by atoms with Crippen molar-refractivity contribution in [3.8, 4) is 0 Å². The molecule has 0 aromatic heterocycles. The molecule has 0 aliphatic carbocycles. The SMILES string of the molecule is [B]CCCNC. The van der Waals surface area contributed by atoms with Gasteiger partial charge in [0.2, 0.25) is 0 Å². The molecule has 0 unspecified atom stereocenters. The molecule has 1 nitrogen and oxygen atoms in total. The lowest BCUT2D eigenvalue weighted by Crippen LogP contribution is -2.06.